The van der Waals surface area contributed by atoms with Crippen LogP contribution < -0.4 is 4.74 Å². The number of benzene rings is 2. The normalized spacial score (nSPS) is 18.2. The highest BCUT2D eigenvalue weighted by Crippen LogP contribution is 2.37. The monoisotopic (exact) mass is 372 g/mol. The van der Waals surface area contributed by atoms with Crippen molar-refractivity contribution in [3.63, 3.8) is 0 Å². The van der Waals surface area contributed by atoms with E-state index in [1.807, 2.05) is 13.0 Å². The van der Waals surface area contributed by atoms with Crippen LogP contribution in [0, 0.1) is 11.6 Å². The van der Waals surface area contributed by atoms with Gasteiger partial charge in [0.2, 0.25) is 0 Å². The molecule has 0 aliphatic carbocycles. The van der Waals surface area contributed by atoms with E-state index in [2.05, 4.69) is 15.9 Å². The first-order valence-corrected chi connectivity index (χ1v) is 7.76. The van der Waals surface area contributed by atoms with E-state index in [1.54, 1.807) is 12.1 Å². The maximum Gasteiger partial charge on any atom is 0.132 e. The molecule has 2 atom stereocenters. The van der Waals surface area contributed by atoms with Gasteiger partial charge in [-0.1, -0.05) is 28.1 Å². The van der Waals surface area contributed by atoms with Gasteiger partial charge in [-0.3, -0.25) is 0 Å². The topological polar surface area (TPSA) is 9.23 Å². The van der Waals surface area contributed by atoms with Gasteiger partial charge < -0.3 is 4.74 Å². The Labute approximate surface area is 135 Å². The van der Waals surface area contributed by atoms with E-state index in [4.69, 9.17) is 16.3 Å². The summed E-state index contributed by atoms with van der Waals surface area (Å²) in [7, 11) is 0. The number of fused-ring (bicyclic) bond motifs is 1. The van der Waals surface area contributed by atoms with Gasteiger partial charge >= 0.3 is 0 Å². The summed E-state index contributed by atoms with van der Waals surface area (Å²) in [6.45, 7) is 1.98. The van der Waals surface area contributed by atoms with Crippen LogP contribution in [0.4, 0.5) is 8.78 Å². The molecule has 0 amide bonds. The van der Waals surface area contributed by atoms with Crippen LogP contribution in [0.5, 0.6) is 5.75 Å². The smallest absolute Gasteiger partial charge is 0.132 e. The first-order valence-electron chi connectivity index (χ1n) is 6.53. The van der Waals surface area contributed by atoms with Crippen LogP contribution in [0.25, 0.3) is 0 Å². The molecule has 2 unspecified atom stereocenters. The Morgan fingerprint density at radius 2 is 1.90 bits per heavy atom. The fourth-order valence-corrected chi connectivity index (χ4v) is 3.31. The second kappa shape index (κ2) is 5.58. The molecule has 0 fully saturated rings. The first kappa shape index (κ1) is 14.8. The lowest BCUT2D eigenvalue weighted by Gasteiger charge is -2.14. The highest BCUT2D eigenvalue weighted by Gasteiger charge is 2.24. The molecule has 0 N–H and O–H groups in total. The lowest BCUT2D eigenvalue weighted by Crippen LogP contribution is -2.05. The predicted molar refractivity (Wildman–Crippen MR) is 82.0 cm³/mol. The number of rotatable bonds is 2. The maximum atomic E-state index is 14.0. The van der Waals surface area contributed by atoms with E-state index in [0.717, 1.165) is 17.7 Å². The van der Waals surface area contributed by atoms with Gasteiger partial charge in [0.1, 0.15) is 23.5 Å². The fourth-order valence-electron chi connectivity index (χ4n) is 2.56. The molecule has 0 saturated heterocycles. The summed E-state index contributed by atoms with van der Waals surface area (Å²) in [4.78, 5) is 0. The average Bonchev–Trinajstić information content (AvgIpc) is 2.76. The second-order valence-electron chi connectivity index (χ2n) is 5.15. The summed E-state index contributed by atoms with van der Waals surface area (Å²) in [6, 6.07) is 7.84. The minimum atomic E-state index is -0.876. The van der Waals surface area contributed by atoms with Crippen molar-refractivity contribution in [2.45, 2.75) is 24.8 Å². The highest BCUT2D eigenvalue weighted by atomic mass is 79.9. The van der Waals surface area contributed by atoms with Crippen LogP contribution in [-0.4, -0.2) is 6.10 Å². The molecule has 2 aromatic rings. The van der Waals surface area contributed by atoms with Crippen LogP contribution >= 0.6 is 27.5 Å². The maximum absolute atomic E-state index is 14.0. The summed E-state index contributed by atoms with van der Waals surface area (Å²) in [5, 5.41) is -0.876. The summed E-state index contributed by atoms with van der Waals surface area (Å²) >= 11 is 9.36. The zero-order valence-corrected chi connectivity index (χ0v) is 13.5. The minimum Gasteiger partial charge on any atom is -0.490 e. The fraction of sp³-hybridized carbons (Fsp3) is 0.250. The van der Waals surface area contributed by atoms with Gasteiger partial charge in [-0.2, -0.15) is 0 Å². The van der Waals surface area contributed by atoms with Crippen LogP contribution in [0.15, 0.2) is 34.8 Å². The Hall–Kier alpha value is -1.13. The van der Waals surface area contributed by atoms with E-state index < -0.39 is 17.0 Å². The molecule has 2 aromatic carbocycles. The number of hydrogen-bond acceptors (Lipinski definition) is 1. The Kier molecular flexibility index (Phi) is 3.93. The average molecular weight is 374 g/mol. The van der Waals surface area contributed by atoms with E-state index in [1.165, 1.54) is 12.1 Å². The molecule has 0 spiro atoms. The molecule has 0 aromatic heterocycles. The standard InChI is InChI=1S/C16H12BrClF2O/c1-8-4-10-5-9(2-3-14(10)21-8)16(18)15-12(19)6-11(17)7-13(15)20/h2-3,5-8,16H,4H2,1H3. The molecule has 3 rings (SSSR count). The molecule has 1 aliphatic heterocycles. The van der Waals surface area contributed by atoms with E-state index >= 15 is 0 Å². The molecule has 110 valence electrons. The summed E-state index contributed by atoms with van der Waals surface area (Å²) in [6.07, 6.45) is 0.892. The van der Waals surface area contributed by atoms with Crippen LogP contribution in [0.1, 0.15) is 29.0 Å². The van der Waals surface area contributed by atoms with Crippen molar-refractivity contribution in [3.05, 3.63) is 63.1 Å². The number of hydrogen-bond donors (Lipinski definition) is 0. The van der Waals surface area contributed by atoms with Crippen LogP contribution in [-0.2, 0) is 6.42 Å². The van der Waals surface area contributed by atoms with E-state index in [0.29, 0.717) is 10.0 Å². The molecule has 5 heteroatoms. The minimum absolute atomic E-state index is 0.116. The molecule has 1 heterocycles. The summed E-state index contributed by atoms with van der Waals surface area (Å²) < 4.78 is 34.0. The quantitative estimate of drug-likeness (QED) is 0.642. The Balaban J connectivity index is 2.00. The number of alkyl halides is 1. The van der Waals surface area contributed by atoms with Gasteiger partial charge in [0.15, 0.2) is 0 Å². The zero-order chi connectivity index (χ0) is 15.1. The van der Waals surface area contributed by atoms with Gasteiger partial charge in [0.25, 0.3) is 0 Å². The Morgan fingerprint density at radius 3 is 2.57 bits per heavy atom. The summed E-state index contributed by atoms with van der Waals surface area (Å²) in [5.74, 6) is -0.508. The molecule has 0 saturated carbocycles. The number of ether oxygens (including phenoxy) is 1. The van der Waals surface area contributed by atoms with Gasteiger partial charge in [-0.15, -0.1) is 11.6 Å². The van der Waals surface area contributed by atoms with Gasteiger partial charge in [0, 0.05) is 16.5 Å². The van der Waals surface area contributed by atoms with Crippen molar-refractivity contribution in [3.8, 4) is 5.75 Å². The molecule has 0 bridgehead atoms. The third kappa shape index (κ3) is 2.79. The largest absolute Gasteiger partial charge is 0.490 e. The lowest BCUT2D eigenvalue weighted by atomic mass is 10.00. The SMILES string of the molecule is CC1Cc2cc(C(Cl)c3c(F)cc(Br)cc3F)ccc2O1. The van der Waals surface area contributed by atoms with Crippen molar-refractivity contribution < 1.29 is 13.5 Å². The molecule has 0 radical (unpaired) electrons. The first-order chi connectivity index (χ1) is 9.95. The number of halogens is 4. The van der Waals surface area contributed by atoms with E-state index in [-0.39, 0.29) is 11.7 Å². The van der Waals surface area contributed by atoms with Gasteiger partial charge in [-0.05, 0) is 36.2 Å². The van der Waals surface area contributed by atoms with Crippen LogP contribution in [0.2, 0.25) is 0 Å². The molecule has 21 heavy (non-hydrogen) atoms. The third-order valence-electron chi connectivity index (χ3n) is 3.51. The Morgan fingerprint density at radius 1 is 1.24 bits per heavy atom. The molecular weight excluding hydrogens is 362 g/mol. The summed E-state index contributed by atoms with van der Waals surface area (Å²) in [5.41, 5.74) is 1.54. The van der Waals surface area contributed by atoms with E-state index in [9.17, 15) is 8.78 Å². The van der Waals surface area contributed by atoms with Gasteiger partial charge in [0.05, 0.1) is 5.38 Å². The highest BCUT2D eigenvalue weighted by molar-refractivity contribution is 9.10. The molecule has 1 aliphatic rings. The van der Waals surface area contributed by atoms with Crippen molar-refractivity contribution in [2.24, 2.45) is 0 Å². The lowest BCUT2D eigenvalue weighted by molar-refractivity contribution is 0.254. The van der Waals surface area contributed by atoms with Crippen molar-refractivity contribution >= 4 is 27.5 Å². The van der Waals surface area contributed by atoms with Crippen LogP contribution in [0.3, 0.4) is 0 Å². The van der Waals surface area contributed by atoms with Gasteiger partial charge in [-0.25, -0.2) is 8.78 Å². The zero-order valence-electron chi connectivity index (χ0n) is 11.2. The van der Waals surface area contributed by atoms with Crippen molar-refractivity contribution in [1.29, 1.82) is 0 Å². The third-order valence-corrected chi connectivity index (χ3v) is 4.44. The Bertz CT molecular complexity index is 682. The molecular formula is C16H12BrClF2O. The van der Waals surface area contributed by atoms with Crippen molar-refractivity contribution in [1.82, 2.24) is 0 Å². The molecule has 1 nitrogen and oxygen atoms in total. The van der Waals surface area contributed by atoms with Crippen molar-refractivity contribution in [2.75, 3.05) is 0 Å². The second-order valence-corrected chi connectivity index (χ2v) is 6.50. The predicted octanol–water partition coefficient (Wildman–Crippen LogP) is 5.38.